The van der Waals surface area contributed by atoms with Gasteiger partial charge in [-0.15, -0.1) is 0 Å². The summed E-state index contributed by atoms with van der Waals surface area (Å²) in [6.07, 6.45) is 0. The number of ketones is 1. The number of carbonyl (C=O) groups excluding carboxylic acids is 2. The minimum absolute atomic E-state index is 0.396. The minimum atomic E-state index is -0.446. The number of rotatable bonds is 4. The molecule has 0 spiro atoms. The third kappa shape index (κ3) is 3.13. The van der Waals surface area contributed by atoms with Crippen LogP contribution in [0.3, 0.4) is 0 Å². The maximum atomic E-state index is 11.0. The number of Topliss-reactive ketones (excluding diaryl/α,β-unsaturated/α-hetero) is 1. The van der Waals surface area contributed by atoms with Gasteiger partial charge in [0.05, 0.1) is 0 Å². The molecule has 0 saturated carbocycles. The van der Waals surface area contributed by atoms with Crippen LogP contribution >= 0.6 is 0 Å². The number of hydrogen-bond donors (Lipinski definition) is 1. The number of hydrogen-bond acceptors (Lipinski definition) is 3. The molecule has 0 aromatic heterocycles. The topological polar surface area (TPSA) is 63.4 Å². The summed E-state index contributed by atoms with van der Waals surface area (Å²) in [6, 6.07) is 0. The van der Waals surface area contributed by atoms with E-state index in [1.54, 1.807) is 0 Å². The molecular formula is C7H14N2O2. The highest BCUT2D eigenvalue weighted by Gasteiger charge is 2.14. The van der Waals surface area contributed by atoms with E-state index in [-0.39, 0.29) is 0 Å². The molecule has 4 heteroatoms. The predicted octanol–water partition coefficient (Wildman–Crippen LogP) is -0.617. The lowest BCUT2D eigenvalue weighted by molar-refractivity contribution is -0.143. The van der Waals surface area contributed by atoms with Gasteiger partial charge in [-0.05, 0) is 6.92 Å². The molecule has 0 aliphatic rings. The maximum Gasteiger partial charge on any atom is 0.289 e. The molecule has 2 N–H and O–H groups in total. The van der Waals surface area contributed by atoms with Crippen LogP contribution in [0.5, 0.6) is 0 Å². The Morgan fingerprint density at radius 1 is 1.45 bits per heavy atom. The molecule has 0 aliphatic heterocycles. The second-order valence-electron chi connectivity index (χ2n) is 2.23. The van der Waals surface area contributed by atoms with E-state index >= 15 is 0 Å². The molecule has 0 heterocycles. The highest BCUT2D eigenvalue weighted by Crippen LogP contribution is 1.88. The van der Waals surface area contributed by atoms with Crippen molar-refractivity contribution in [2.24, 2.45) is 5.73 Å². The molecule has 0 radical (unpaired) electrons. The van der Waals surface area contributed by atoms with E-state index < -0.39 is 11.7 Å². The molecule has 4 nitrogen and oxygen atoms in total. The molecule has 0 saturated heterocycles. The average molecular weight is 158 g/mol. The summed E-state index contributed by atoms with van der Waals surface area (Å²) in [7, 11) is 0. The van der Waals surface area contributed by atoms with Crippen LogP contribution in [0.15, 0.2) is 0 Å². The first-order valence-corrected chi connectivity index (χ1v) is 3.63. The van der Waals surface area contributed by atoms with Crippen molar-refractivity contribution < 1.29 is 9.59 Å². The van der Waals surface area contributed by atoms with E-state index in [4.69, 9.17) is 5.73 Å². The van der Waals surface area contributed by atoms with Crippen molar-refractivity contribution in [1.29, 1.82) is 0 Å². The van der Waals surface area contributed by atoms with Crippen LogP contribution in [-0.4, -0.2) is 36.2 Å². The quantitative estimate of drug-likeness (QED) is 0.555. The van der Waals surface area contributed by atoms with Crippen molar-refractivity contribution >= 4 is 11.7 Å². The number of amides is 1. The predicted molar refractivity (Wildman–Crippen MR) is 42.0 cm³/mol. The molecule has 64 valence electrons. The first-order chi connectivity index (χ1) is 5.13. The Morgan fingerprint density at radius 3 is 2.27 bits per heavy atom. The number of likely N-dealkylation sites (N-methyl/N-ethyl adjacent to an activating group) is 1. The largest absolute Gasteiger partial charge is 0.335 e. The summed E-state index contributed by atoms with van der Waals surface area (Å²) in [5.41, 5.74) is 5.24. The van der Waals surface area contributed by atoms with Gasteiger partial charge in [0.1, 0.15) is 0 Å². The first-order valence-electron chi connectivity index (χ1n) is 3.63. The normalized spacial score (nSPS) is 9.36. The standard InChI is InChI=1S/C7H14N2O2/c1-3-9(5-4-8)7(11)6(2)10/h3-5,8H2,1-2H3. The molecule has 0 bridgehead atoms. The fourth-order valence-corrected chi connectivity index (χ4v) is 0.782. The van der Waals surface area contributed by atoms with Gasteiger partial charge in [0.2, 0.25) is 5.78 Å². The number of carbonyl (C=O) groups is 2. The van der Waals surface area contributed by atoms with Gasteiger partial charge >= 0.3 is 0 Å². The van der Waals surface area contributed by atoms with E-state index in [1.807, 2.05) is 6.92 Å². The van der Waals surface area contributed by atoms with Crippen LogP contribution in [0.2, 0.25) is 0 Å². The van der Waals surface area contributed by atoms with E-state index in [0.29, 0.717) is 19.6 Å². The van der Waals surface area contributed by atoms with Crippen molar-refractivity contribution in [3.8, 4) is 0 Å². The van der Waals surface area contributed by atoms with Crippen LogP contribution in [0.1, 0.15) is 13.8 Å². The van der Waals surface area contributed by atoms with Gasteiger partial charge in [-0.2, -0.15) is 0 Å². The summed E-state index contributed by atoms with van der Waals surface area (Å²) >= 11 is 0. The molecule has 11 heavy (non-hydrogen) atoms. The molecular weight excluding hydrogens is 144 g/mol. The highest BCUT2D eigenvalue weighted by atomic mass is 16.2. The highest BCUT2D eigenvalue weighted by molar-refractivity contribution is 6.35. The lowest BCUT2D eigenvalue weighted by Gasteiger charge is -2.17. The summed E-state index contributed by atoms with van der Waals surface area (Å²) in [5, 5.41) is 0. The van der Waals surface area contributed by atoms with Gasteiger partial charge in [-0.1, -0.05) is 0 Å². The minimum Gasteiger partial charge on any atom is -0.335 e. The van der Waals surface area contributed by atoms with Gasteiger partial charge < -0.3 is 10.6 Å². The van der Waals surface area contributed by atoms with E-state index in [0.717, 1.165) is 0 Å². The van der Waals surface area contributed by atoms with E-state index in [2.05, 4.69) is 0 Å². The molecule has 0 atom stereocenters. The molecule has 0 rings (SSSR count). The second kappa shape index (κ2) is 4.85. The third-order valence-electron chi connectivity index (χ3n) is 1.37. The van der Waals surface area contributed by atoms with Crippen LogP contribution in [0.4, 0.5) is 0 Å². The molecule has 0 fully saturated rings. The summed E-state index contributed by atoms with van der Waals surface area (Å²) in [6.45, 7) is 4.47. The second-order valence-corrected chi connectivity index (χ2v) is 2.23. The molecule has 1 amide bonds. The Kier molecular flexibility index (Phi) is 4.45. The van der Waals surface area contributed by atoms with Crippen molar-refractivity contribution in [3.05, 3.63) is 0 Å². The summed E-state index contributed by atoms with van der Waals surface area (Å²) in [5.74, 6) is -0.877. The van der Waals surface area contributed by atoms with Gasteiger partial charge in [0, 0.05) is 26.6 Å². The van der Waals surface area contributed by atoms with Gasteiger partial charge in [-0.3, -0.25) is 9.59 Å². The summed E-state index contributed by atoms with van der Waals surface area (Å²) < 4.78 is 0. The van der Waals surface area contributed by atoms with Gasteiger partial charge in [0.15, 0.2) is 0 Å². The Morgan fingerprint density at radius 2 is 2.00 bits per heavy atom. The zero-order chi connectivity index (χ0) is 8.85. The molecule has 0 unspecified atom stereocenters. The first kappa shape index (κ1) is 10.1. The maximum absolute atomic E-state index is 11.0. The van der Waals surface area contributed by atoms with Crippen LogP contribution in [-0.2, 0) is 9.59 Å². The van der Waals surface area contributed by atoms with Crippen LogP contribution in [0.25, 0.3) is 0 Å². The van der Waals surface area contributed by atoms with Crippen molar-refractivity contribution in [3.63, 3.8) is 0 Å². The molecule has 0 aromatic carbocycles. The van der Waals surface area contributed by atoms with Crippen LogP contribution in [0, 0.1) is 0 Å². The van der Waals surface area contributed by atoms with Crippen molar-refractivity contribution in [2.45, 2.75) is 13.8 Å². The van der Waals surface area contributed by atoms with Crippen molar-refractivity contribution in [2.75, 3.05) is 19.6 Å². The third-order valence-corrected chi connectivity index (χ3v) is 1.37. The fourth-order valence-electron chi connectivity index (χ4n) is 0.782. The lowest BCUT2D eigenvalue weighted by Crippen LogP contribution is -2.38. The number of nitrogens with zero attached hydrogens (tertiary/aromatic N) is 1. The Labute approximate surface area is 66.4 Å². The van der Waals surface area contributed by atoms with Crippen molar-refractivity contribution in [1.82, 2.24) is 4.90 Å². The zero-order valence-electron chi connectivity index (χ0n) is 6.96. The lowest BCUT2D eigenvalue weighted by atomic mass is 10.3. The summed E-state index contributed by atoms with van der Waals surface area (Å²) in [4.78, 5) is 23.0. The molecule has 0 aliphatic carbocycles. The zero-order valence-corrected chi connectivity index (χ0v) is 6.96. The average Bonchev–Trinajstić information content (AvgIpc) is 1.98. The van der Waals surface area contributed by atoms with E-state index in [9.17, 15) is 9.59 Å². The van der Waals surface area contributed by atoms with E-state index in [1.165, 1.54) is 11.8 Å². The number of nitrogens with two attached hydrogens (primary N) is 1. The smallest absolute Gasteiger partial charge is 0.289 e. The van der Waals surface area contributed by atoms with Gasteiger partial charge in [0.25, 0.3) is 5.91 Å². The Hall–Kier alpha value is -0.900. The van der Waals surface area contributed by atoms with Crippen LogP contribution < -0.4 is 5.73 Å². The Balaban J connectivity index is 4.02. The Bertz CT molecular complexity index is 157. The SMILES string of the molecule is CCN(CCN)C(=O)C(C)=O. The van der Waals surface area contributed by atoms with Gasteiger partial charge in [-0.25, -0.2) is 0 Å². The molecule has 0 aromatic rings. The monoisotopic (exact) mass is 158 g/mol. The fraction of sp³-hybridized carbons (Fsp3) is 0.714.